The van der Waals surface area contributed by atoms with Gasteiger partial charge in [0.15, 0.2) is 5.45 Å². The highest BCUT2D eigenvalue weighted by Crippen LogP contribution is 2.51. The Labute approximate surface area is 105 Å². The molecule has 0 amide bonds. The Balaban J connectivity index is 2.99. The standard InChI is InChI=1S/C11H13N2O4P/c1-16-18(15,17-9-5-8-12)11(13-14)10-6-3-2-4-7-10/h2-4,6-7,14H,5,9H2,1H3/b13-11+. The van der Waals surface area contributed by atoms with Gasteiger partial charge in [0.25, 0.3) is 0 Å². The molecule has 1 aromatic carbocycles. The third-order valence-corrected chi connectivity index (χ3v) is 3.97. The van der Waals surface area contributed by atoms with E-state index in [9.17, 15) is 4.57 Å². The normalized spacial score (nSPS) is 14.8. The SMILES string of the molecule is COP(=O)(OCCC#N)/C(=N/O)c1ccccc1. The van der Waals surface area contributed by atoms with Crippen molar-refractivity contribution in [2.75, 3.05) is 13.7 Å². The van der Waals surface area contributed by atoms with Gasteiger partial charge in [0.1, 0.15) is 0 Å². The maximum atomic E-state index is 12.3. The molecule has 1 N–H and O–H groups in total. The molecule has 0 aliphatic rings. The largest absolute Gasteiger partial charge is 0.410 e. The lowest BCUT2D eigenvalue weighted by atomic mass is 10.2. The third-order valence-electron chi connectivity index (χ3n) is 2.10. The summed E-state index contributed by atoms with van der Waals surface area (Å²) in [5, 5.41) is 20.4. The van der Waals surface area contributed by atoms with Gasteiger partial charge in [-0.1, -0.05) is 35.5 Å². The number of hydrogen-bond acceptors (Lipinski definition) is 6. The van der Waals surface area contributed by atoms with Crippen LogP contribution >= 0.6 is 7.60 Å². The van der Waals surface area contributed by atoms with Crippen LogP contribution in [0, 0.1) is 11.3 Å². The molecule has 1 aromatic rings. The molecular weight excluding hydrogens is 255 g/mol. The average molecular weight is 268 g/mol. The first-order chi connectivity index (χ1) is 8.68. The Morgan fingerprint density at radius 3 is 2.67 bits per heavy atom. The van der Waals surface area contributed by atoms with Crippen LogP contribution in [0.1, 0.15) is 12.0 Å². The second-order valence-corrected chi connectivity index (χ2v) is 5.25. The molecule has 1 rings (SSSR count). The summed E-state index contributed by atoms with van der Waals surface area (Å²) in [5.74, 6) is 0. The van der Waals surface area contributed by atoms with Crippen molar-refractivity contribution in [2.45, 2.75) is 6.42 Å². The van der Waals surface area contributed by atoms with Crippen molar-refractivity contribution in [3.05, 3.63) is 35.9 Å². The molecule has 0 bridgehead atoms. The molecule has 0 aliphatic heterocycles. The molecule has 0 heterocycles. The first-order valence-electron chi connectivity index (χ1n) is 5.13. The molecule has 7 heteroatoms. The van der Waals surface area contributed by atoms with E-state index in [4.69, 9.17) is 19.5 Å². The second-order valence-electron chi connectivity index (χ2n) is 3.21. The molecule has 0 fully saturated rings. The van der Waals surface area contributed by atoms with Crippen LogP contribution in [0.2, 0.25) is 0 Å². The highest BCUT2D eigenvalue weighted by Gasteiger charge is 2.33. The molecule has 0 spiro atoms. The zero-order valence-corrected chi connectivity index (χ0v) is 10.7. The lowest BCUT2D eigenvalue weighted by Crippen LogP contribution is -2.08. The van der Waals surface area contributed by atoms with Crippen molar-refractivity contribution in [2.24, 2.45) is 5.16 Å². The van der Waals surface area contributed by atoms with Crippen molar-refractivity contribution in [3.63, 3.8) is 0 Å². The smallest absolute Gasteiger partial charge is 0.383 e. The lowest BCUT2D eigenvalue weighted by molar-refractivity contribution is 0.248. The zero-order chi connectivity index (χ0) is 13.4. The van der Waals surface area contributed by atoms with Crippen LogP contribution < -0.4 is 0 Å². The van der Waals surface area contributed by atoms with Gasteiger partial charge in [-0.25, -0.2) is 0 Å². The van der Waals surface area contributed by atoms with Crippen molar-refractivity contribution in [1.29, 1.82) is 5.26 Å². The molecular formula is C11H13N2O4P. The van der Waals surface area contributed by atoms with Gasteiger partial charge >= 0.3 is 7.60 Å². The zero-order valence-electron chi connectivity index (χ0n) is 9.81. The molecule has 1 unspecified atom stereocenters. The number of benzene rings is 1. The topological polar surface area (TPSA) is 91.9 Å². The van der Waals surface area contributed by atoms with Crippen LogP contribution in [-0.4, -0.2) is 24.4 Å². The minimum absolute atomic E-state index is 0.0620. The Morgan fingerprint density at radius 1 is 1.50 bits per heavy atom. The van der Waals surface area contributed by atoms with Gasteiger partial charge < -0.3 is 14.3 Å². The summed E-state index contributed by atoms with van der Waals surface area (Å²) in [7, 11) is -2.52. The monoisotopic (exact) mass is 268 g/mol. The number of oxime groups is 1. The summed E-state index contributed by atoms with van der Waals surface area (Å²) >= 11 is 0. The first kappa shape index (κ1) is 14.4. The van der Waals surface area contributed by atoms with E-state index in [-0.39, 0.29) is 18.5 Å². The Bertz CT molecular complexity index is 496. The van der Waals surface area contributed by atoms with Crippen LogP contribution in [0.4, 0.5) is 0 Å². The van der Waals surface area contributed by atoms with E-state index in [0.29, 0.717) is 5.56 Å². The predicted molar refractivity (Wildman–Crippen MR) is 65.6 cm³/mol. The number of rotatable bonds is 6. The van der Waals surface area contributed by atoms with Gasteiger partial charge in [0.05, 0.1) is 19.1 Å². The van der Waals surface area contributed by atoms with E-state index in [1.165, 1.54) is 7.11 Å². The lowest BCUT2D eigenvalue weighted by Gasteiger charge is -2.16. The molecule has 96 valence electrons. The van der Waals surface area contributed by atoms with E-state index in [2.05, 4.69) is 5.16 Å². The third kappa shape index (κ3) is 3.41. The van der Waals surface area contributed by atoms with Gasteiger partial charge in [-0.05, 0) is 0 Å². The Morgan fingerprint density at radius 2 is 2.17 bits per heavy atom. The van der Waals surface area contributed by atoms with Gasteiger partial charge in [-0.15, -0.1) is 0 Å². The quantitative estimate of drug-likeness (QED) is 0.281. The maximum absolute atomic E-state index is 12.3. The number of hydrogen-bond donors (Lipinski definition) is 1. The fourth-order valence-electron chi connectivity index (χ4n) is 1.27. The fraction of sp³-hybridized carbons (Fsp3) is 0.273. The highest BCUT2D eigenvalue weighted by atomic mass is 31.2. The summed E-state index contributed by atoms with van der Waals surface area (Å²) in [6, 6.07) is 10.3. The summed E-state index contributed by atoms with van der Waals surface area (Å²) < 4.78 is 22.2. The fourth-order valence-corrected chi connectivity index (χ4v) is 2.58. The second kappa shape index (κ2) is 6.92. The maximum Gasteiger partial charge on any atom is 0.383 e. The average Bonchev–Trinajstić information content (AvgIpc) is 2.41. The van der Waals surface area contributed by atoms with Crippen LogP contribution in [0.15, 0.2) is 35.5 Å². The summed E-state index contributed by atoms with van der Waals surface area (Å²) in [6.45, 7) is -0.0620. The van der Waals surface area contributed by atoms with Crippen molar-refractivity contribution in [3.8, 4) is 6.07 Å². The molecule has 18 heavy (non-hydrogen) atoms. The Kier molecular flexibility index (Phi) is 5.53. The molecule has 0 saturated heterocycles. The van der Waals surface area contributed by atoms with E-state index in [0.717, 1.165) is 0 Å². The summed E-state index contributed by atoms with van der Waals surface area (Å²) in [4.78, 5) is 0. The molecule has 0 radical (unpaired) electrons. The molecule has 1 atom stereocenters. The van der Waals surface area contributed by atoms with Crippen LogP contribution in [0.5, 0.6) is 0 Å². The summed E-state index contributed by atoms with van der Waals surface area (Å²) in [6.07, 6.45) is 0.0703. The van der Waals surface area contributed by atoms with Crippen LogP contribution in [-0.2, 0) is 13.6 Å². The highest BCUT2D eigenvalue weighted by molar-refractivity contribution is 7.73. The van der Waals surface area contributed by atoms with Crippen molar-refractivity contribution < 1.29 is 18.8 Å². The van der Waals surface area contributed by atoms with E-state index < -0.39 is 7.60 Å². The van der Waals surface area contributed by atoms with Gasteiger partial charge in [-0.2, -0.15) is 5.26 Å². The Hall–Kier alpha value is -1.67. The van der Waals surface area contributed by atoms with Crippen molar-refractivity contribution in [1.82, 2.24) is 0 Å². The molecule has 0 saturated carbocycles. The van der Waals surface area contributed by atoms with E-state index in [1.807, 2.05) is 6.07 Å². The van der Waals surface area contributed by atoms with Gasteiger partial charge in [0, 0.05) is 12.7 Å². The molecule has 6 nitrogen and oxygen atoms in total. The van der Waals surface area contributed by atoms with E-state index in [1.54, 1.807) is 30.3 Å². The minimum Gasteiger partial charge on any atom is -0.410 e. The minimum atomic E-state index is -3.71. The molecule has 0 aromatic heterocycles. The van der Waals surface area contributed by atoms with E-state index >= 15 is 0 Å². The van der Waals surface area contributed by atoms with Crippen LogP contribution in [0.25, 0.3) is 0 Å². The van der Waals surface area contributed by atoms with Crippen molar-refractivity contribution >= 4 is 13.0 Å². The van der Waals surface area contributed by atoms with Gasteiger partial charge in [0.2, 0.25) is 0 Å². The predicted octanol–water partition coefficient (Wildman–Crippen LogP) is 2.59. The van der Waals surface area contributed by atoms with Gasteiger partial charge in [-0.3, -0.25) is 4.57 Å². The number of nitriles is 1. The number of nitrogens with zero attached hydrogens (tertiary/aromatic N) is 2. The first-order valence-corrected chi connectivity index (χ1v) is 6.67. The summed E-state index contributed by atoms with van der Waals surface area (Å²) in [5.41, 5.74) is 0.255. The van der Waals surface area contributed by atoms with Crippen LogP contribution in [0.3, 0.4) is 0 Å². The molecule has 0 aliphatic carbocycles.